The standard InChI is InChI=1S/C12H17FN4O2S/c1-16(2)7-3-6-14-12(20)15-11-8-9(17(18)19)4-5-10(11)13/h4-5,8H,3,6-7H2,1-2H3,(H2,14,15,20)/p+1. The molecule has 1 rings (SSSR count). The van der Waals surface area contributed by atoms with Crippen molar-refractivity contribution in [2.45, 2.75) is 6.42 Å². The second-order valence-electron chi connectivity index (χ2n) is 4.61. The van der Waals surface area contributed by atoms with Crippen molar-refractivity contribution in [2.24, 2.45) is 0 Å². The molecule has 0 saturated carbocycles. The zero-order valence-corrected chi connectivity index (χ0v) is 12.2. The SMILES string of the molecule is C[NH+](C)CCCNC(=S)Nc1cc([N+](=O)[O-])ccc1F. The third kappa shape index (κ3) is 5.45. The Morgan fingerprint density at radius 2 is 2.20 bits per heavy atom. The lowest BCUT2D eigenvalue weighted by atomic mass is 10.2. The summed E-state index contributed by atoms with van der Waals surface area (Å²) in [6.07, 6.45) is 0.918. The predicted molar refractivity (Wildman–Crippen MR) is 79.6 cm³/mol. The van der Waals surface area contributed by atoms with E-state index in [4.69, 9.17) is 12.2 Å². The van der Waals surface area contributed by atoms with Crippen LogP contribution in [0.25, 0.3) is 0 Å². The Hall–Kier alpha value is -1.80. The average molecular weight is 301 g/mol. The van der Waals surface area contributed by atoms with E-state index in [1.165, 1.54) is 4.90 Å². The molecule has 0 fully saturated rings. The van der Waals surface area contributed by atoms with Crippen LogP contribution in [0.2, 0.25) is 0 Å². The Morgan fingerprint density at radius 1 is 1.50 bits per heavy atom. The number of nitro groups is 1. The molecule has 6 nitrogen and oxygen atoms in total. The van der Waals surface area contributed by atoms with Gasteiger partial charge in [0.15, 0.2) is 5.11 Å². The van der Waals surface area contributed by atoms with Crippen molar-refractivity contribution in [3.8, 4) is 0 Å². The summed E-state index contributed by atoms with van der Waals surface area (Å²) in [7, 11) is 4.10. The molecule has 20 heavy (non-hydrogen) atoms. The molecular formula is C12H18FN4O2S+. The smallest absolute Gasteiger partial charge is 0.271 e. The summed E-state index contributed by atoms with van der Waals surface area (Å²) >= 11 is 5.02. The van der Waals surface area contributed by atoms with Crippen molar-refractivity contribution in [3.63, 3.8) is 0 Å². The highest BCUT2D eigenvalue weighted by molar-refractivity contribution is 7.80. The molecule has 110 valence electrons. The lowest BCUT2D eigenvalue weighted by molar-refractivity contribution is -0.858. The van der Waals surface area contributed by atoms with E-state index < -0.39 is 10.7 Å². The molecular weight excluding hydrogens is 283 g/mol. The van der Waals surface area contributed by atoms with E-state index >= 15 is 0 Å². The number of rotatable bonds is 6. The van der Waals surface area contributed by atoms with Crippen LogP contribution in [0.1, 0.15) is 6.42 Å². The van der Waals surface area contributed by atoms with Crippen LogP contribution in [0, 0.1) is 15.9 Å². The minimum absolute atomic E-state index is 0.00469. The summed E-state index contributed by atoms with van der Waals surface area (Å²) in [6.45, 7) is 1.65. The first-order valence-electron chi connectivity index (χ1n) is 6.18. The lowest BCUT2D eigenvalue weighted by Crippen LogP contribution is -3.05. The fourth-order valence-electron chi connectivity index (χ4n) is 1.53. The molecule has 0 spiro atoms. The maximum Gasteiger partial charge on any atom is 0.271 e. The van der Waals surface area contributed by atoms with Crippen LogP contribution < -0.4 is 15.5 Å². The molecule has 0 radical (unpaired) electrons. The van der Waals surface area contributed by atoms with E-state index in [0.717, 1.165) is 31.2 Å². The van der Waals surface area contributed by atoms with Crippen LogP contribution in [0.15, 0.2) is 18.2 Å². The van der Waals surface area contributed by atoms with Crippen molar-refractivity contribution >= 4 is 28.7 Å². The van der Waals surface area contributed by atoms with Gasteiger partial charge in [0.2, 0.25) is 0 Å². The first kappa shape index (κ1) is 16.3. The molecule has 0 aliphatic rings. The maximum atomic E-state index is 13.5. The predicted octanol–water partition coefficient (Wildman–Crippen LogP) is 0.555. The molecule has 0 amide bonds. The zero-order valence-electron chi connectivity index (χ0n) is 11.4. The minimum Gasteiger partial charge on any atom is -0.362 e. The van der Waals surface area contributed by atoms with E-state index in [-0.39, 0.29) is 16.5 Å². The quantitative estimate of drug-likeness (QED) is 0.310. The van der Waals surface area contributed by atoms with Gasteiger partial charge in [-0.05, 0) is 18.3 Å². The van der Waals surface area contributed by atoms with Crippen molar-refractivity contribution in [3.05, 3.63) is 34.1 Å². The van der Waals surface area contributed by atoms with Gasteiger partial charge in [-0.25, -0.2) is 4.39 Å². The highest BCUT2D eigenvalue weighted by Gasteiger charge is 2.11. The van der Waals surface area contributed by atoms with Gasteiger partial charge < -0.3 is 15.5 Å². The van der Waals surface area contributed by atoms with Gasteiger partial charge in [-0.1, -0.05) is 0 Å². The molecule has 0 heterocycles. The molecule has 3 N–H and O–H groups in total. The average Bonchev–Trinajstić information content (AvgIpc) is 2.37. The molecule has 0 saturated heterocycles. The number of hydrogen-bond donors (Lipinski definition) is 3. The molecule has 8 heteroatoms. The number of non-ortho nitro benzene ring substituents is 1. The van der Waals surface area contributed by atoms with Gasteiger partial charge >= 0.3 is 0 Å². The van der Waals surface area contributed by atoms with Crippen LogP contribution in [0.4, 0.5) is 15.8 Å². The second kappa shape index (κ2) is 7.71. The van der Waals surface area contributed by atoms with Gasteiger partial charge in [0.05, 0.1) is 31.3 Å². The van der Waals surface area contributed by atoms with Gasteiger partial charge in [-0.15, -0.1) is 0 Å². The third-order valence-electron chi connectivity index (χ3n) is 2.55. The van der Waals surface area contributed by atoms with E-state index in [2.05, 4.69) is 24.7 Å². The summed E-state index contributed by atoms with van der Waals surface area (Å²) in [5, 5.41) is 16.4. The summed E-state index contributed by atoms with van der Waals surface area (Å²) in [5.41, 5.74) is -0.192. The van der Waals surface area contributed by atoms with Crippen LogP contribution in [0.5, 0.6) is 0 Å². The highest BCUT2D eigenvalue weighted by atomic mass is 32.1. The van der Waals surface area contributed by atoms with Crippen molar-refractivity contribution < 1.29 is 14.2 Å². The van der Waals surface area contributed by atoms with E-state index in [0.29, 0.717) is 6.54 Å². The fourth-order valence-corrected chi connectivity index (χ4v) is 1.75. The molecule has 1 aromatic carbocycles. The number of nitrogens with zero attached hydrogens (tertiary/aromatic N) is 1. The van der Waals surface area contributed by atoms with Gasteiger partial charge in [0, 0.05) is 25.1 Å². The van der Waals surface area contributed by atoms with Gasteiger partial charge in [0.1, 0.15) is 5.82 Å². The number of nitro benzene ring substituents is 1. The van der Waals surface area contributed by atoms with Crippen LogP contribution >= 0.6 is 12.2 Å². The molecule has 0 aromatic heterocycles. The number of hydrogen-bond acceptors (Lipinski definition) is 3. The van der Waals surface area contributed by atoms with Gasteiger partial charge in [-0.2, -0.15) is 0 Å². The maximum absolute atomic E-state index is 13.5. The summed E-state index contributed by atoms with van der Waals surface area (Å²) in [4.78, 5) is 11.4. The Bertz CT molecular complexity index is 496. The minimum atomic E-state index is -0.586. The molecule has 1 aromatic rings. The Morgan fingerprint density at radius 3 is 2.80 bits per heavy atom. The molecule has 0 atom stereocenters. The van der Waals surface area contributed by atoms with Crippen molar-refractivity contribution in [1.82, 2.24) is 5.32 Å². The topological polar surface area (TPSA) is 71.6 Å². The summed E-state index contributed by atoms with van der Waals surface area (Å²) in [5.74, 6) is -0.586. The monoisotopic (exact) mass is 301 g/mol. The van der Waals surface area contributed by atoms with E-state index in [1.54, 1.807) is 0 Å². The van der Waals surface area contributed by atoms with Gasteiger partial charge in [0.25, 0.3) is 5.69 Å². The molecule has 0 bridgehead atoms. The number of thiocarbonyl (C=S) groups is 1. The Labute approximate surface area is 122 Å². The molecule has 0 aliphatic carbocycles. The normalized spacial score (nSPS) is 10.4. The first-order valence-corrected chi connectivity index (χ1v) is 6.59. The second-order valence-corrected chi connectivity index (χ2v) is 5.02. The molecule has 0 aliphatic heterocycles. The van der Waals surface area contributed by atoms with Crippen LogP contribution in [-0.2, 0) is 0 Å². The summed E-state index contributed by atoms with van der Waals surface area (Å²) in [6, 6.07) is 3.27. The van der Waals surface area contributed by atoms with Gasteiger partial charge in [-0.3, -0.25) is 10.1 Å². The lowest BCUT2D eigenvalue weighted by Gasteiger charge is -2.12. The third-order valence-corrected chi connectivity index (χ3v) is 2.79. The number of anilines is 1. The van der Waals surface area contributed by atoms with E-state index in [9.17, 15) is 14.5 Å². The van der Waals surface area contributed by atoms with E-state index in [1.807, 2.05) is 0 Å². The number of halogens is 1. The Kier molecular flexibility index (Phi) is 6.26. The Balaban J connectivity index is 2.53. The first-order chi connectivity index (χ1) is 9.40. The van der Waals surface area contributed by atoms with Crippen LogP contribution in [0.3, 0.4) is 0 Å². The fraction of sp³-hybridized carbons (Fsp3) is 0.417. The van der Waals surface area contributed by atoms with Crippen LogP contribution in [-0.4, -0.2) is 37.2 Å². The van der Waals surface area contributed by atoms with Crippen molar-refractivity contribution in [2.75, 3.05) is 32.5 Å². The summed E-state index contributed by atoms with van der Waals surface area (Å²) < 4.78 is 13.5. The number of nitrogens with one attached hydrogen (secondary N) is 3. The number of quaternary nitrogens is 1. The zero-order chi connectivity index (χ0) is 15.1. The number of benzene rings is 1. The molecule has 0 unspecified atom stereocenters. The van der Waals surface area contributed by atoms with Crippen molar-refractivity contribution in [1.29, 1.82) is 0 Å². The highest BCUT2D eigenvalue weighted by Crippen LogP contribution is 2.20. The largest absolute Gasteiger partial charge is 0.362 e.